The van der Waals surface area contributed by atoms with Gasteiger partial charge in [-0.3, -0.25) is 15.6 Å². The topological polar surface area (TPSA) is 41.1 Å². The van der Waals surface area contributed by atoms with E-state index in [0.717, 1.165) is 13.1 Å². The summed E-state index contributed by atoms with van der Waals surface area (Å²) in [5, 5.41) is 0. The second-order valence-corrected chi connectivity index (χ2v) is 3.37. The molecule has 0 aromatic heterocycles. The fourth-order valence-corrected chi connectivity index (χ4v) is 1.36. The molecule has 0 aromatic rings. The van der Waals surface area contributed by atoms with Crippen molar-refractivity contribution in [3.8, 4) is 0 Å². The maximum atomic E-state index is 11.4. The second kappa shape index (κ2) is 3.83. The molecule has 64 valence electrons. The van der Waals surface area contributed by atoms with Crippen LogP contribution in [0.25, 0.3) is 0 Å². The number of nitrogens with one attached hydrogen (secondary N) is 2. The zero-order valence-electron chi connectivity index (χ0n) is 7.18. The first-order valence-electron chi connectivity index (χ1n) is 4.20. The summed E-state index contributed by atoms with van der Waals surface area (Å²) in [6.07, 6.45) is 0.663. The van der Waals surface area contributed by atoms with E-state index in [2.05, 4.69) is 24.7 Å². The Morgan fingerprint density at radius 3 is 2.82 bits per heavy atom. The Bertz CT molecular complexity index is 145. The van der Waals surface area contributed by atoms with Gasteiger partial charge < -0.3 is 0 Å². The van der Waals surface area contributed by atoms with Crippen molar-refractivity contribution in [2.24, 2.45) is 11.8 Å². The molecule has 1 aliphatic rings. The van der Waals surface area contributed by atoms with Crippen molar-refractivity contribution in [2.45, 2.75) is 20.3 Å². The summed E-state index contributed by atoms with van der Waals surface area (Å²) in [5.74, 6) is 1.04. The maximum absolute atomic E-state index is 11.4. The predicted octanol–water partition coefficient (Wildman–Crippen LogP) is 0.326. The molecule has 3 nitrogen and oxygen atoms in total. The van der Waals surface area contributed by atoms with E-state index in [1.807, 2.05) is 0 Å². The molecule has 1 aliphatic heterocycles. The van der Waals surface area contributed by atoms with Gasteiger partial charge in [-0.1, -0.05) is 13.8 Å². The number of rotatable bonds is 1. The highest BCUT2D eigenvalue weighted by atomic mass is 16.1. The highest BCUT2D eigenvalue weighted by Gasteiger charge is 2.22. The molecule has 0 amide bonds. The van der Waals surface area contributed by atoms with Gasteiger partial charge in [0.05, 0.1) is 0 Å². The van der Waals surface area contributed by atoms with Crippen molar-refractivity contribution in [3.05, 3.63) is 0 Å². The third kappa shape index (κ3) is 2.27. The Labute approximate surface area is 67.5 Å². The molecular weight excluding hydrogens is 140 g/mol. The van der Waals surface area contributed by atoms with Crippen molar-refractivity contribution in [3.63, 3.8) is 0 Å². The van der Waals surface area contributed by atoms with Crippen LogP contribution in [-0.2, 0) is 4.79 Å². The standard InChI is InChI=1S/C8H16N2O/c1-6(2)7-5-10-9-4-3-8(7)11/h6-7,9-10H,3-5H2,1-2H3. The van der Waals surface area contributed by atoms with Gasteiger partial charge >= 0.3 is 0 Å². The van der Waals surface area contributed by atoms with Crippen LogP contribution in [0.15, 0.2) is 0 Å². The molecule has 1 fully saturated rings. The lowest BCUT2D eigenvalue weighted by Gasteiger charge is -2.15. The lowest BCUT2D eigenvalue weighted by molar-refractivity contribution is -0.123. The number of hydrazine groups is 1. The molecule has 1 unspecified atom stereocenters. The number of hydrogen-bond donors (Lipinski definition) is 2. The van der Waals surface area contributed by atoms with Gasteiger partial charge in [0.15, 0.2) is 0 Å². The zero-order valence-corrected chi connectivity index (χ0v) is 7.18. The quantitative estimate of drug-likeness (QED) is 0.574. The van der Waals surface area contributed by atoms with Gasteiger partial charge in [-0.2, -0.15) is 0 Å². The van der Waals surface area contributed by atoms with Crippen LogP contribution in [0.2, 0.25) is 0 Å². The van der Waals surface area contributed by atoms with Gasteiger partial charge in [-0.15, -0.1) is 0 Å². The normalized spacial score (nSPS) is 27.2. The zero-order chi connectivity index (χ0) is 8.27. The Morgan fingerprint density at radius 2 is 2.18 bits per heavy atom. The molecule has 0 aliphatic carbocycles. The van der Waals surface area contributed by atoms with E-state index >= 15 is 0 Å². The Balaban J connectivity index is 2.52. The summed E-state index contributed by atoms with van der Waals surface area (Å²) in [4.78, 5) is 11.4. The summed E-state index contributed by atoms with van der Waals surface area (Å²) >= 11 is 0. The number of carbonyl (C=O) groups is 1. The molecular formula is C8H16N2O. The van der Waals surface area contributed by atoms with Crippen LogP contribution in [0.5, 0.6) is 0 Å². The average molecular weight is 156 g/mol. The van der Waals surface area contributed by atoms with Gasteiger partial charge in [0.1, 0.15) is 5.78 Å². The van der Waals surface area contributed by atoms with Crippen LogP contribution < -0.4 is 10.9 Å². The molecule has 0 saturated carbocycles. The SMILES string of the molecule is CC(C)C1CNNCCC1=O. The number of carbonyl (C=O) groups excluding carboxylic acids is 1. The lowest BCUT2D eigenvalue weighted by Crippen LogP contribution is -2.35. The summed E-state index contributed by atoms with van der Waals surface area (Å²) in [7, 11) is 0. The van der Waals surface area contributed by atoms with Crippen LogP contribution in [0.3, 0.4) is 0 Å². The first-order chi connectivity index (χ1) is 5.22. The lowest BCUT2D eigenvalue weighted by atomic mass is 9.90. The second-order valence-electron chi connectivity index (χ2n) is 3.37. The van der Waals surface area contributed by atoms with E-state index in [0.29, 0.717) is 18.1 Å². The summed E-state index contributed by atoms with van der Waals surface area (Å²) in [6, 6.07) is 0. The fourth-order valence-electron chi connectivity index (χ4n) is 1.36. The van der Waals surface area contributed by atoms with Gasteiger partial charge in [0.2, 0.25) is 0 Å². The van der Waals surface area contributed by atoms with Gasteiger partial charge in [-0.25, -0.2) is 0 Å². The monoisotopic (exact) mass is 156 g/mol. The van der Waals surface area contributed by atoms with Gasteiger partial charge in [0.25, 0.3) is 0 Å². The molecule has 1 heterocycles. The van der Waals surface area contributed by atoms with E-state index in [1.54, 1.807) is 0 Å². The Kier molecular flexibility index (Phi) is 3.02. The first-order valence-corrected chi connectivity index (χ1v) is 4.20. The average Bonchev–Trinajstić information content (AvgIpc) is 2.13. The highest BCUT2D eigenvalue weighted by molar-refractivity contribution is 5.81. The third-order valence-corrected chi connectivity index (χ3v) is 2.16. The van der Waals surface area contributed by atoms with Gasteiger partial charge in [0, 0.05) is 25.4 Å². The molecule has 0 spiro atoms. The van der Waals surface area contributed by atoms with Crippen LogP contribution in [-0.4, -0.2) is 18.9 Å². The fraction of sp³-hybridized carbons (Fsp3) is 0.875. The molecule has 1 rings (SSSR count). The van der Waals surface area contributed by atoms with E-state index in [1.165, 1.54) is 0 Å². The molecule has 0 bridgehead atoms. The van der Waals surface area contributed by atoms with E-state index < -0.39 is 0 Å². The Morgan fingerprint density at radius 1 is 1.45 bits per heavy atom. The van der Waals surface area contributed by atoms with Crippen molar-refractivity contribution in [2.75, 3.05) is 13.1 Å². The largest absolute Gasteiger partial charge is 0.299 e. The molecule has 1 atom stereocenters. The minimum absolute atomic E-state index is 0.199. The maximum Gasteiger partial charge on any atom is 0.138 e. The first kappa shape index (κ1) is 8.68. The summed E-state index contributed by atoms with van der Waals surface area (Å²) in [5.41, 5.74) is 6.03. The van der Waals surface area contributed by atoms with Crippen molar-refractivity contribution in [1.29, 1.82) is 0 Å². The molecule has 0 aromatic carbocycles. The van der Waals surface area contributed by atoms with E-state index in [4.69, 9.17) is 0 Å². The molecule has 0 radical (unpaired) electrons. The van der Waals surface area contributed by atoms with Gasteiger partial charge in [-0.05, 0) is 5.92 Å². The third-order valence-electron chi connectivity index (χ3n) is 2.16. The van der Waals surface area contributed by atoms with E-state index in [9.17, 15) is 4.79 Å². The van der Waals surface area contributed by atoms with Crippen molar-refractivity contribution in [1.82, 2.24) is 10.9 Å². The van der Waals surface area contributed by atoms with E-state index in [-0.39, 0.29) is 5.92 Å². The minimum Gasteiger partial charge on any atom is -0.299 e. The van der Waals surface area contributed by atoms with Crippen molar-refractivity contribution >= 4 is 5.78 Å². The minimum atomic E-state index is 0.199. The van der Waals surface area contributed by atoms with Crippen molar-refractivity contribution < 1.29 is 4.79 Å². The molecule has 11 heavy (non-hydrogen) atoms. The van der Waals surface area contributed by atoms with Crippen LogP contribution in [0.4, 0.5) is 0 Å². The smallest absolute Gasteiger partial charge is 0.138 e. The highest BCUT2D eigenvalue weighted by Crippen LogP contribution is 2.13. The summed E-state index contributed by atoms with van der Waals surface area (Å²) < 4.78 is 0. The molecule has 1 saturated heterocycles. The predicted molar refractivity (Wildman–Crippen MR) is 44.0 cm³/mol. The van der Waals surface area contributed by atoms with Crippen LogP contribution in [0.1, 0.15) is 20.3 Å². The number of hydrogen-bond acceptors (Lipinski definition) is 3. The summed E-state index contributed by atoms with van der Waals surface area (Å²) in [6.45, 7) is 5.73. The number of ketones is 1. The van der Waals surface area contributed by atoms with Crippen LogP contribution in [0, 0.1) is 11.8 Å². The number of Topliss-reactive ketones (excluding diaryl/α,β-unsaturated/α-hetero) is 1. The molecule has 2 N–H and O–H groups in total. The van der Waals surface area contributed by atoms with Crippen LogP contribution >= 0.6 is 0 Å². The Hall–Kier alpha value is -0.410. The molecule has 3 heteroatoms.